The lowest BCUT2D eigenvalue weighted by Crippen LogP contribution is -2.35. The average molecular weight is 398 g/mol. The van der Waals surface area contributed by atoms with Crippen molar-refractivity contribution < 1.29 is 14.3 Å². The Kier molecular flexibility index (Phi) is 7.06. The molecule has 1 aromatic heterocycles. The van der Waals surface area contributed by atoms with E-state index in [-0.39, 0.29) is 29.3 Å². The maximum absolute atomic E-state index is 12.3. The van der Waals surface area contributed by atoms with E-state index in [9.17, 15) is 9.59 Å². The smallest absolute Gasteiger partial charge is 0.343 e. The van der Waals surface area contributed by atoms with Gasteiger partial charge in [-0.05, 0) is 31.9 Å². The Hall–Kier alpha value is -2.05. The summed E-state index contributed by atoms with van der Waals surface area (Å²) < 4.78 is 6.55. The SMILES string of the molecule is CC[C@H](C)NC(=O)COC(=O)c1c(C)nn(Cc2ccccc2Cl)c1Cl. The molecule has 0 aliphatic rings. The van der Waals surface area contributed by atoms with Crippen molar-refractivity contribution in [2.75, 3.05) is 6.61 Å². The Bertz CT molecular complexity index is 805. The molecule has 6 nitrogen and oxygen atoms in total. The minimum Gasteiger partial charge on any atom is -0.452 e. The van der Waals surface area contributed by atoms with Gasteiger partial charge >= 0.3 is 5.97 Å². The molecule has 0 unspecified atom stereocenters. The van der Waals surface area contributed by atoms with Crippen LogP contribution in [0.25, 0.3) is 0 Å². The van der Waals surface area contributed by atoms with Crippen molar-refractivity contribution in [2.24, 2.45) is 0 Å². The van der Waals surface area contributed by atoms with Crippen molar-refractivity contribution in [3.05, 3.63) is 51.3 Å². The molecular weight excluding hydrogens is 377 g/mol. The van der Waals surface area contributed by atoms with Crippen LogP contribution in [0.2, 0.25) is 10.2 Å². The molecule has 1 aromatic carbocycles. The van der Waals surface area contributed by atoms with Gasteiger partial charge in [-0.3, -0.25) is 4.79 Å². The topological polar surface area (TPSA) is 73.2 Å². The molecule has 0 fully saturated rings. The maximum atomic E-state index is 12.3. The highest BCUT2D eigenvalue weighted by Crippen LogP contribution is 2.24. The molecule has 0 saturated carbocycles. The van der Waals surface area contributed by atoms with E-state index in [1.807, 2.05) is 32.0 Å². The summed E-state index contributed by atoms with van der Waals surface area (Å²) in [5, 5.41) is 7.74. The fraction of sp³-hybridized carbons (Fsp3) is 0.389. The summed E-state index contributed by atoms with van der Waals surface area (Å²) in [5.41, 5.74) is 1.40. The summed E-state index contributed by atoms with van der Waals surface area (Å²) in [6.07, 6.45) is 0.791. The first-order chi connectivity index (χ1) is 12.3. The van der Waals surface area contributed by atoms with Gasteiger partial charge in [-0.2, -0.15) is 5.10 Å². The number of halogens is 2. The van der Waals surface area contributed by atoms with E-state index in [4.69, 9.17) is 27.9 Å². The molecule has 0 saturated heterocycles. The molecule has 0 spiro atoms. The first-order valence-electron chi connectivity index (χ1n) is 8.26. The fourth-order valence-electron chi connectivity index (χ4n) is 2.30. The number of nitrogens with zero attached hydrogens (tertiary/aromatic N) is 2. The molecule has 0 aliphatic heterocycles. The molecule has 0 bridgehead atoms. The molecule has 1 amide bonds. The Balaban J connectivity index is 2.08. The van der Waals surface area contributed by atoms with Gasteiger partial charge in [-0.1, -0.05) is 48.3 Å². The molecule has 26 heavy (non-hydrogen) atoms. The lowest BCUT2D eigenvalue weighted by Gasteiger charge is -2.11. The third kappa shape index (κ3) is 4.99. The maximum Gasteiger partial charge on any atom is 0.343 e. The third-order valence-electron chi connectivity index (χ3n) is 3.90. The van der Waals surface area contributed by atoms with Gasteiger partial charge in [-0.25, -0.2) is 9.48 Å². The number of rotatable bonds is 7. The van der Waals surface area contributed by atoms with Gasteiger partial charge in [0.25, 0.3) is 5.91 Å². The predicted molar refractivity (Wildman–Crippen MR) is 101 cm³/mol. The van der Waals surface area contributed by atoms with Gasteiger partial charge in [0.05, 0.1) is 12.2 Å². The van der Waals surface area contributed by atoms with Crippen LogP contribution in [0.4, 0.5) is 0 Å². The standard InChI is InChI=1S/C18H21Cl2N3O3/c1-4-11(2)21-15(24)10-26-18(25)16-12(3)22-23(17(16)20)9-13-7-5-6-8-14(13)19/h5-8,11H,4,9-10H2,1-3H3,(H,21,24)/t11-/m0/s1. The molecule has 2 rings (SSSR count). The molecule has 0 aliphatic carbocycles. The second-order valence-electron chi connectivity index (χ2n) is 5.95. The summed E-state index contributed by atoms with van der Waals surface area (Å²) in [4.78, 5) is 24.1. The molecule has 0 radical (unpaired) electrons. The zero-order chi connectivity index (χ0) is 19.3. The number of hydrogen-bond donors (Lipinski definition) is 1. The number of ether oxygens (including phenoxy) is 1. The first-order valence-corrected chi connectivity index (χ1v) is 9.01. The molecule has 1 heterocycles. The Labute approximate surface area is 162 Å². The number of carbonyl (C=O) groups excluding carboxylic acids is 2. The lowest BCUT2D eigenvalue weighted by molar-refractivity contribution is -0.124. The zero-order valence-corrected chi connectivity index (χ0v) is 16.4. The quantitative estimate of drug-likeness (QED) is 0.724. The highest BCUT2D eigenvalue weighted by molar-refractivity contribution is 6.33. The van der Waals surface area contributed by atoms with Gasteiger partial charge in [-0.15, -0.1) is 0 Å². The monoisotopic (exact) mass is 397 g/mol. The second kappa shape index (κ2) is 9.05. The normalized spacial score (nSPS) is 11.9. The highest BCUT2D eigenvalue weighted by Gasteiger charge is 2.23. The van der Waals surface area contributed by atoms with Gasteiger partial charge < -0.3 is 10.1 Å². The molecule has 1 N–H and O–H groups in total. The van der Waals surface area contributed by atoms with Gasteiger partial charge in [0, 0.05) is 11.1 Å². The van der Waals surface area contributed by atoms with Gasteiger partial charge in [0.1, 0.15) is 10.7 Å². The summed E-state index contributed by atoms with van der Waals surface area (Å²) >= 11 is 12.5. The number of hydrogen-bond acceptors (Lipinski definition) is 4. The predicted octanol–water partition coefficient (Wildman–Crippen LogP) is 3.62. The van der Waals surface area contributed by atoms with E-state index in [0.717, 1.165) is 12.0 Å². The van der Waals surface area contributed by atoms with Crippen LogP contribution in [-0.4, -0.2) is 34.3 Å². The van der Waals surface area contributed by atoms with Crippen LogP contribution in [0.1, 0.15) is 41.9 Å². The van der Waals surface area contributed by atoms with Crippen molar-refractivity contribution in [1.29, 1.82) is 0 Å². The van der Waals surface area contributed by atoms with Crippen LogP contribution in [0.5, 0.6) is 0 Å². The number of carbonyl (C=O) groups is 2. The Morgan fingerprint density at radius 1 is 1.31 bits per heavy atom. The molecular formula is C18H21Cl2N3O3. The van der Waals surface area contributed by atoms with Crippen LogP contribution in [-0.2, 0) is 16.1 Å². The molecule has 2 aromatic rings. The summed E-state index contributed by atoms with van der Waals surface area (Å²) in [6, 6.07) is 7.33. The molecule has 1 atom stereocenters. The minimum atomic E-state index is -0.683. The minimum absolute atomic E-state index is 0.0184. The zero-order valence-electron chi connectivity index (χ0n) is 14.9. The van der Waals surface area contributed by atoms with Gasteiger partial charge in [0.15, 0.2) is 6.61 Å². The van der Waals surface area contributed by atoms with Crippen LogP contribution in [0, 0.1) is 6.92 Å². The average Bonchev–Trinajstić information content (AvgIpc) is 2.88. The summed E-state index contributed by atoms with van der Waals surface area (Å²) in [5.74, 6) is -1.04. The number of aromatic nitrogens is 2. The van der Waals surface area contributed by atoms with E-state index < -0.39 is 5.97 Å². The number of nitrogens with one attached hydrogen (secondary N) is 1. The Morgan fingerprint density at radius 2 is 2.00 bits per heavy atom. The van der Waals surface area contributed by atoms with Crippen LogP contribution in [0.3, 0.4) is 0 Å². The number of aryl methyl sites for hydroxylation is 1. The Morgan fingerprint density at radius 3 is 2.65 bits per heavy atom. The van der Waals surface area contributed by atoms with Crippen molar-refractivity contribution in [1.82, 2.24) is 15.1 Å². The van der Waals surface area contributed by atoms with Gasteiger partial charge in [0.2, 0.25) is 0 Å². The van der Waals surface area contributed by atoms with Crippen molar-refractivity contribution in [3.63, 3.8) is 0 Å². The largest absolute Gasteiger partial charge is 0.452 e. The van der Waals surface area contributed by atoms with E-state index in [1.165, 1.54) is 4.68 Å². The number of amides is 1. The van der Waals surface area contributed by atoms with Crippen LogP contribution >= 0.6 is 23.2 Å². The summed E-state index contributed by atoms with van der Waals surface area (Å²) in [7, 11) is 0. The molecule has 8 heteroatoms. The summed E-state index contributed by atoms with van der Waals surface area (Å²) in [6.45, 7) is 5.44. The van der Waals surface area contributed by atoms with E-state index in [0.29, 0.717) is 17.3 Å². The van der Waals surface area contributed by atoms with Crippen LogP contribution < -0.4 is 5.32 Å². The highest BCUT2D eigenvalue weighted by atomic mass is 35.5. The van der Waals surface area contributed by atoms with E-state index in [1.54, 1.807) is 13.0 Å². The van der Waals surface area contributed by atoms with Crippen molar-refractivity contribution in [2.45, 2.75) is 39.8 Å². The van der Waals surface area contributed by atoms with Crippen molar-refractivity contribution >= 4 is 35.1 Å². The fourth-order valence-corrected chi connectivity index (χ4v) is 2.81. The first kappa shape index (κ1) is 20.3. The van der Waals surface area contributed by atoms with Crippen molar-refractivity contribution in [3.8, 4) is 0 Å². The number of esters is 1. The van der Waals surface area contributed by atoms with E-state index in [2.05, 4.69) is 10.4 Å². The molecule has 140 valence electrons. The third-order valence-corrected chi connectivity index (χ3v) is 4.65. The van der Waals surface area contributed by atoms with E-state index >= 15 is 0 Å². The van der Waals surface area contributed by atoms with Crippen LogP contribution in [0.15, 0.2) is 24.3 Å². The second-order valence-corrected chi connectivity index (χ2v) is 6.72. The lowest BCUT2D eigenvalue weighted by atomic mass is 10.2. The number of benzene rings is 1.